The van der Waals surface area contributed by atoms with Crippen molar-refractivity contribution in [2.24, 2.45) is 5.92 Å². The molecule has 0 spiro atoms. The normalized spacial score (nSPS) is 18.2. The number of benzene rings is 1. The van der Waals surface area contributed by atoms with Crippen LogP contribution in [0.5, 0.6) is 0 Å². The quantitative estimate of drug-likeness (QED) is 0.804. The predicted octanol–water partition coefficient (Wildman–Crippen LogP) is 1.55. The van der Waals surface area contributed by atoms with Crippen LogP contribution in [0.1, 0.15) is 18.4 Å². The van der Waals surface area contributed by atoms with Crippen molar-refractivity contribution in [3.63, 3.8) is 0 Å². The fourth-order valence-electron chi connectivity index (χ4n) is 1.98. The molecule has 0 aliphatic carbocycles. The highest BCUT2D eigenvalue weighted by Crippen LogP contribution is 2.27. The number of esters is 1. The first kappa shape index (κ1) is 11.6. The van der Waals surface area contributed by atoms with Crippen LogP contribution in [-0.2, 0) is 20.7 Å². The largest absolute Gasteiger partial charge is 0.469 e. The Morgan fingerprint density at radius 1 is 1.65 bits per heavy atom. The van der Waals surface area contributed by atoms with E-state index in [0.29, 0.717) is 12.8 Å². The summed E-state index contributed by atoms with van der Waals surface area (Å²) in [5.41, 5.74) is 1.92. The van der Waals surface area contributed by atoms with Crippen LogP contribution < -0.4 is 5.32 Å². The second kappa shape index (κ2) is 4.99. The molecule has 1 aliphatic rings. The maximum absolute atomic E-state index is 11.8. The third kappa shape index (κ3) is 2.64. The molecule has 4 nitrogen and oxygen atoms in total. The Kier molecular flexibility index (Phi) is 3.42. The molecule has 4 heteroatoms. The summed E-state index contributed by atoms with van der Waals surface area (Å²) in [5, 5.41) is 2.84. The van der Waals surface area contributed by atoms with Gasteiger partial charge in [-0.05, 0) is 36.6 Å². The number of fused-ring (bicyclic) bond motifs is 1. The second-order valence-corrected chi connectivity index (χ2v) is 4.09. The molecule has 1 atom stereocenters. The molecule has 1 amide bonds. The molecule has 89 valence electrons. The highest BCUT2D eigenvalue weighted by atomic mass is 16.5. The highest BCUT2D eigenvalue weighted by Gasteiger charge is 2.26. The molecule has 1 unspecified atom stereocenters. The number of rotatable bonds is 3. The molecule has 0 bridgehead atoms. The number of ether oxygens (including phenoxy) is 1. The van der Waals surface area contributed by atoms with E-state index in [9.17, 15) is 9.59 Å². The lowest BCUT2D eigenvalue weighted by molar-refractivity contribution is -0.141. The Balaban J connectivity index is 2.02. The number of hydrogen-bond acceptors (Lipinski definition) is 3. The van der Waals surface area contributed by atoms with Crippen LogP contribution in [0.25, 0.3) is 0 Å². The van der Waals surface area contributed by atoms with Gasteiger partial charge in [-0.15, -0.1) is 0 Å². The first-order valence-electron chi connectivity index (χ1n) is 5.57. The molecular formula is C13H14NO3. The van der Waals surface area contributed by atoms with Crippen LogP contribution in [0.2, 0.25) is 0 Å². The minimum Gasteiger partial charge on any atom is -0.469 e. The first-order valence-corrected chi connectivity index (χ1v) is 5.57. The number of nitrogens with one attached hydrogen (secondary N) is 1. The lowest BCUT2D eigenvalue weighted by Crippen LogP contribution is -2.30. The van der Waals surface area contributed by atoms with Crippen molar-refractivity contribution in [3.05, 3.63) is 29.8 Å². The van der Waals surface area contributed by atoms with Crippen molar-refractivity contribution in [1.29, 1.82) is 0 Å². The van der Waals surface area contributed by atoms with Crippen LogP contribution in [-0.4, -0.2) is 19.0 Å². The van der Waals surface area contributed by atoms with E-state index in [1.165, 1.54) is 7.11 Å². The van der Waals surface area contributed by atoms with Gasteiger partial charge in [-0.1, -0.05) is 6.07 Å². The molecule has 0 saturated carbocycles. The molecule has 1 aliphatic heterocycles. The molecule has 0 saturated heterocycles. The second-order valence-electron chi connectivity index (χ2n) is 4.09. The minimum absolute atomic E-state index is 0.0207. The van der Waals surface area contributed by atoms with Gasteiger partial charge in [0, 0.05) is 18.0 Å². The molecule has 1 heterocycles. The van der Waals surface area contributed by atoms with Gasteiger partial charge in [-0.2, -0.15) is 0 Å². The van der Waals surface area contributed by atoms with Gasteiger partial charge < -0.3 is 10.1 Å². The third-order valence-corrected chi connectivity index (χ3v) is 2.97. The Hall–Kier alpha value is -1.84. The van der Waals surface area contributed by atoms with Crippen LogP contribution in [0.4, 0.5) is 5.69 Å². The van der Waals surface area contributed by atoms with Crippen molar-refractivity contribution in [2.75, 3.05) is 12.4 Å². The molecule has 2 rings (SSSR count). The Morgan fingerprint density at radius 2 is 2.47 bits per heavy atom. The summed E-state index contributed by atoms with van der Waals surface area (Å²) in [6.45, 7) is 0. The number of hydrogen-bond donors (Lipinski definition) is 1. The fourth-order valence-corrected chi connectivity index (χ4v) is 1.98. The van der Waals surface area contributed by atoms with Crippen molar-refractivity contribution in [1.82, 2.24) is 0 Å². The van der Waals surface area contributed by atoms with E-state index in [2.05, 4.69) is 16.1 Å². The number of anilines is 1. The number of amides is 1. The number of carbonyl (C=O) groups excluding carboxylic acids is 2. The lowest BCUT2D eigenvalue weighted by Gasteiger charge is -2.24. The van der Waals surface area contributed by atoms with Crippen LogP contribution in [0.3, 0.4) is 0 Å². The van der Waals surface area contributed by atoms with Crippen molar-refractivity contribution in [3.8, 4) is 0 Å². The summed E-state index contributed by atoms with van der Waals surface area (Å²) < 4.78 is 4.57. The molecule has 17 heavy (non-hydrogen) atoms. The smallest absolute Gasteiger partial charge is 0.305 e. The van der Waals surface area contributed by atoms with Crippen LogP contribution in [0.15, 0.2) is 18.2 Å². The van der Waals surface area contributed by atoms with E-state index in [1.807, 2.05) is 12.1 Å². The third-order valence-electron chi connectivity index (χ3n) is 2.97. The van der Waals surface area contributed by atoms with Gasteiger partial charge in [0.2, 0.25) is 5.91 Å². The van der Waals surface area contributed by atoms with Gasteiger partial charge >= 0.3 is 5.97 Å². The van der Waals surface area contributed by atoms with E-state index in [4.69, 9.17) is 0 Å². The molecular weight excluding hydrogens is 218 g/mol. The van der Waals surface area contributed by atoms with Crippen LogP contribution >= 0.6 is 0 Å². The highest BCUT2D eigenvalue weighted by molar-refractivity contribution is 5.95. The Bertz CT molecular complexity index is 442. The summed E-state index contributed by atoms with van der Waals surface area (Å²) >= 11 is 0. The van der Waals surface area contributed by atoms with E-state index < -0.39 is 0 Å². The van der Waals surface area contributed by atoms with Gasteiger partial charge in [0.1, 0.15) is 0 Å². The van der Waals surface area contributed by atoms with Gasteiger partial charge in [0.15, 0.2) is 0 Å². The monoisotopic (exact) mass is 232 g/mol. The fraction of sp³-hybridized carbons (Fsp3) is 0.385. The average Bonchev–Trinajstić information content (AvgIpc) is 2.35. The Labute approximate surface area is 100.0 Å². The number of methoxy groups -OCH3 is 1. The Morgan fingerprint density at radius 3 is 3.24 bits per heavy atom. The zero-order valence-electron chi connectivity index (χ0n) is 9.66. The molecule has 0 fully saturated rings. The standard InChI is InChI=1S/C13H14NO3/c1-17-12(15)7-6-10-8-9-4-2-3-5-11(9)14-13(10)16/h3-5,10H,6-8H2,1H3,(H,14,16). The van der Waals surface area contributed by atoms with Crippen molar-refractivity contribution in [2.45, 2.75) is 19.3 Å². The minimum atomic E-state index is -0.275. The maximum atomic E-state index is 11.8. The molecule has 1 N–H and O–H groups in total. The summed E-state index contributed by atoms with van der Waals surface area (Å²) in [5.74, 6) is -0.451. The van der Waals surface area contributed by atoms with E-state index in [0.717, 1.165) is 11.3 Å². The summed E-state index contributed by atoms with van der Waals surface area (Å²) in [6, 6.07) is 8.47. The first-order chi connectivity index (χ1) is 8.20. The SMILES string of the molecule is COC(=O)CCC1Cc2c[c]ccc2NC1=O. The van der Waals surface area contributed by atoms with Gasteiger partial charge in [-0.3, -0.25) is 9.59 Å². The number of carbonyl (C=O) groups is 2. The molecule has 0 aromatic heterocycles. The summed E-state index contributed by atoms with van der Waals surface area (Å²) in [4.78, 5) is 22.8. The van der Waals surface area contributed by atoms with E-state index in [-0.39, 0.29) is 24.2 Å². The molecule has 1 aromatic carbocycles. The average molecular weight is 232 g/mol. The molecule has 1 radical (unpaired) electrons. The van der Waals surface area contributed by atoms with Crippen molar-refractivity contribution >= 4 is 17.6 Å². The topological polar surface area (TPSA) is 55.4 Å². The molecule has 1 aromatic rings. The van der Waals surface area contributed by atoms with Gasteiger partial charge in [-0.25, -0.2) is 0 Å². The maximum Gasteiger partial charge on any atom is 0.305 e. The van der Waals surface area contributed by atoms with E-state index >= 15 is 0 Å². The summed E-state index contributed by atoms with van der Waals surface area (Å²) in [6.07, 6.45) is 1.46. The van der Waals surface area contributed by atoms with Crippen molar-refractivity contribution < 1.29 is 14.3 Å². The van der Waals surface area contributed by atoms with Crippen LogP contribution in [0, 0.1) is 12.0 Å². The zero-order chi connectivity index (χ0) is 12.3. The van der Waals surface area contributed by atoms with E-state index in [1.54, 1.807) is 6.07 Å². The zero-order valence-corrected chi connectivity index (χ0v) is 9.66. The predicted molar refractivity (Wildman–Crippen MR) is 62.4 cm³/mol. The lowest BCUT2D eigenvalue weighted by atomic mass is 9.90. The van der Waals surface area contributed by atoms with Gasteiger partial charge in [0.25, 0.3) is 0 Å². The summed E-state index contributed by atoms with van der Waals surface area (Å²) in [7, 11) is 1.35. The van der Waals surface area contributed by atoms with Gasteiger partial charge in [0.05, 0.1) is 7.11 Å².